The molecule has 4 N–H and O–H groups in total. The zero-order valence-electron chi connectivity index (χ0n) is 19.3. The summed E-state index contributed by atoms with van der Waals surface area (Å²) in [4.78, 5) is 27.1. The number of hydrogen-bond donors (Lipinski definition) is 3. The Hall–Kier alpha value is -3.35. The number of amides is 1. The number of nitrogens with zero attached hydrogens (tertiary/aromatic N) is 2. The van der Waals surface area contributed by atoms with Gasteiger partial charge >= 0.3 is 5.97 Å². The predicted molar refractivity (Wildman–Crippen MR) is 129 cm³/mol. The SMILES string of the molecule is CC(C)CC(C(=O)O)n1c(-c2cccc(O)c2)nc2ccccc21.NC(=O)C1CCCCC1. The smallest absolute Gasteiger partial charge is 0.326 e. The number of carbonyl (C=O) groups is 2. The van der Waals surface area contributed by atoms with Gasteiger partial charge in [-0.15, -0.1) is 0 Å². The van der Waals surface area contributed by atoms with Crippen molar-refractivity contribution in [2.24, 2.45) is 17.6 Å². The number of nitrogens with two attached hydrogens (primary N) is 1. The Morgan fingerprint density at radius 1 is 1.09 bits per heavy atom. The lowest BCUT2D eigenvalue weighted by Gasteiger charge is -2.20. The summed E-state index contributed by atoms with van der Waals surface area (Å²) in [7, 11) is 0. The van der Waals surface area contributed by atoms with Crippen LogP contribution in [0.25, 0.3) is 22.4 Å². The van der Waals surface area contributed by atoms with Crippen LogP contribution < -0.4 is 5.73 Å². The van der Waals surface area contributed by atoms with Crippen LogP contribution in [0.5, 0.6) is 5.75 Å². The first kappa shape index (κ1) is 24.3. The van der Waals surface area contributed by atoms with E-state index < -0.39 is 12.0 Å². The molecule has 3 aromatic rings. The largest absolute Gasteiger partial charge is 0.508 e. The van der Waals surface area contributed by atoms with Crippen molar-refractivity contribution in [2.45, 2.75) is 58.4 Å². The predicted octanol–water partition coefficient (Wildman–Crippen LogP) is 5.13. The van der Waals surface area contributed by atoms with E-state index in [2.05, 4.69) is 4.98 Å². The van der Waals surface area contributed by atoms with Gasteiger partial charge in [-0.2, -0.15) is 0 Å². The van der Waals surface area contributed by atoms with Crippen LogP contribution in [0.2, 0.25) is 0 Å². The van der Waals surface area contributed by atoms with E-state index in [0.29, 0.717) is 17.8 Å². The van der Waals surface area contributed by atoms with Gasteiger partial charge in [0.05, 0.1) is 11.0 Å². The Kier molecular flexibility index (Phi) is 8.09. The highest BCUT2D eigenvalue weighted by Crippen LogP contribution is 2.32. The van der Waals surface area contributed by atoms with E-state index >= 15 is 0 Å². The summed E-state index contributed by atoms with van der Waals surface area (Å²) in [6, 6.07) is 13.5. The Balaban J connectivity index is 0.000000286. The molecule has 2 aromatic carbocycles. The van der Waals surface area contributed by atoms with Gasteiger partial charge in [0.25, 0.3) is 0 Å². The summed E-state index contributed by atoms with van der Waals surface area (Å²) < 4.78 is 1.77. The molecular weight excluding hydrogens is 418 g/mol. The number of carboxylic acids is 1. The number of phenols is 1. The van der Waals surface area contributed by atoms with Gasteiger partial charge in [0.15, 0.2) is 0 Å². The monoisotopic (exact) mass is 451 g/mol. The highest BCUT2D eigenvalue weighted by molar-refractivity contribution is 5.84. The van der Waals surface area contributed by atoms with E-state index in [9.17, 15) is 19.8 Å². The summed E-state index contributed by atoms with van der Waals surface area (Å²) in [6.45, 7) is 4.01. The molecule has 0 aliphatic heterocycles. The number of imidazole rings is 1. The third kappa shape index (κ3) is 6.12. The average Bonchev–Trinajstić information content (AvgIpc) is 3.17. The Labute approximate surface area is 194 Å². The molecule has 4 rings (SSSR count). The van der Waals surface area contributed by atoms with Crippen molar-refractivity contribution in [3.05, 3.63) is 48.5 Å². The minimum absolute atomic E-state index is 0.102. The molecule has 1 aliphatic carbocycles. The third-order valence-electron chi connectivity index (χ3n) is 6.00. The van der Waals surface area contributed by atoms with E-state index in [1.54, 1.807) is 22.8 Å². The first-order valence-electron chi connectivity index (χ1n) is 11.6. The van der Waals surface area contributed by atoms with Crippen LogP contribution in [0, 0.1) is 11.8 Å². The van der Waals surface area contributed by atoms with Crippen LogP contribution in [0.1, 0.15) is 58.4 Å². The average molecular weight is 452 g/mol. The van der Waals surface area contributed by atoms with Crippen molar-refractivity contribution in [1.29, 1.82) is 0 Å². The number of primary amides is 1. The van der Waals surface area contributed by atoms with Crippen molar-refractivity contribution in [3.8, 4) is 17.1 Å². The quantitative estimate of drug-likeness (QED) is 0.480. The number of benzene rings is 2. The normalized spacial score (nSPS) is 15.1. The van der Waals surface area contributed by atoms with E-state index in [1.807, 2.05) is 44.2 Å². The molecule has 0 bridgehead atoms. The lowest BCUT2D eigenvalue weighted by molar-refractivity contribution is -0.141. The van der Waals surface area contributed by atoms with Crippen molar-refractivity contribution in [1.82, 2.24) is 9.55 Å². The number of para-hydroxylation sites is 2. The molecular formula is C26H33N3O4. The van der Waals surface area contributed by atoms with E-state index in [4.69, 9.17) is 5.73 Å². The number of aliphatic carboxylic acids is 1. The summed E-state index contributed by atoms with van der Waals surface area (Å²) in [5, 5.41) is 19.6. The van der Waals surface area contributed by atoms with Gasteiger partial charge in [-0.3, -0.25) is 4.79 Å². The second kappa shape index (κ2) is 11.0. The molecule has 176 valence electrons. The van der Waals surface area contributed by atoms with Crippen LogP contribution in [-0.2, 0) is 9.59 Å². The Morgan fingerprint density at radius 2 is 1.79 bits per heavy atom. The van der Waals surface area contributed by atoms with Gasteiger partial charge < -0.3 is 20.5 Å². The standard InChI is InChI=1S/C19H20N2O3.C7H13NO/c1-12(2)10-17(19(23)24)21-16-9-4-3-8-15(16)20-18(21)13-6-5-7-14(22)11-13;8-7(9)6-4-2-1-3-5-6/h3-9,11-12,17,22H,10H2,1-2H3,(H,23,24);6H,1-5H2,(H2,8,9). The number of phenolic OH excluding ortho intramolecular Hbond substituents is 1. The molecule has 1 aromatic heterocycles. The molecule has 1 saturated carbocycles. The van der Waals surface area contributed by atoms with Crippen molar-refractivity contribution < 1.29 is 19.8 Å². The highest BCUT2D eigenvalue weighted by Gasteiger charge is 2.26. The van der Waals surface area contributed by atoms with Crippen molar-refractivity contribution >= 4 is 22.9 Å². The van der Waals surface area contributed by atoms with Gasteiger partial charge in [-0.1, -0.05) is 57.4 Å². The topological polar surface area (TPSA) is 118 Å². The van der Waals surface area contributed by atoms with Crippen molar-refractivity contribution in [2.75, 3.05) is 0 Å². The van der Waals surface area contributed by atoms with Crippen molar-refractivity contribution in [3.63, 3.8) is 0 Å². The fraction of sp³-hybridized carbons (Fsp3) is 0.423. The first-order chi connectivity index (χ1) is 15.8. The first-order valence-corrected chi connectivity index (χ1v) is 11.6. The molecule has 0 saturated heterocycles. The van der Waals surface area contributed by atoms with Gasteiger partial charge in [-0.05, 0) is 49.4 Å². The molecule has 7 nitrogen and oxygen atoms in total. The lowest BCUT2D eigenvalue weighted by Crippen LogP contribution is -2.24. The molecule has 1 unspecified atom stereocenters. The van der Waals surface area contributed by atoms with E-state index in [-0.39, 0.29) is 23.5 Å². The molecule has 1 fully saturated rings. The Bertz CT molecular complexity index is 1100. The fourth-order valence-corrected chi connectivity index (χ4v) is 4.36. The summed E-state index contributed by atoms with van der Waals surface area (Å²) in [5.41, 5.74) is 7.35. The molecule has 1 heterocycles. The van der Waals surface area contributed by atoms with Crippen LogP contribution >= 0.6 is 0 Å². The van der Waals surface area contributed by atoms with Gasteiger partial charge in [-0.25, -0.2) is 9.78 Å². The number of aromatic hydroxyl groups is 1. The van der Waals surface area contributed by atoms with Crippen LogP contribution in [0.4, 0.5) is 0 Å². The second-order valence-electron chi connectivity index (χ2n) is 9.07. The maximum atomic E-state index is 11.9. The highest BCUT2D eigenvalue weighted by atomic mass is 16.4. The number of rotatable bonds is 6. The maximum Gasteiger partial charge on any atom is 0.326 e. The Morgan fingerprint density at radius 3 is 2.36 bits per heavy atom. The molecule has 0 spiro atoms. The van der Waals surface area contributed by atoms with Crippen LogP contribution in [0.15, 0.2) is 48.5 Å². The van der Waals surface area contributed by atoms with Gasteiger partial charge in [0.2, 0.25) is 5.91 Å². The fourth-order valence-electron chi connectivity index (χ4n) is 4.36. The van der Waals surface area contributed by atoms with Crippen LogP contribution in [0.3, 0.4) is 0 Å². The molecule has 1 atom stereocenters. The molecule has 33 heavy (non-hydrogen) atoms. The minimum Gasteiger partial charge on any atom is -0.508 e. The van der Waals surface area contributed by atoms with Gasteiger partial charge in [0.1, 0.15) is 17.6 Å². The molecule has 1 amide bonds. The zero-order valence-corrected chi connectivity index (χ0v) is 19.3. The van der Waals surface area contributed by atoms with Crippen LogP contribution in [-0.4, -0.2) is 31.6 Å². The maximum absolute atomic E-state index is 11.9. The summed E-state index contributed by atoms with van der Waals surface area (Å²) >= 11 is 0. The number of fused-ring (bicyclic) bond motifs is 1. The number of aromatic nitrogens is 2. The third-order valence-corrected chi connectivity index (χ3v) is 6.00. The zero-order chi connectivity index (χ0) is 24.0. The number of hydrogen-bond acceptors (Lipinski definition) is 4. The van der Waals surface area contributed by atoms with E-state index in [0.717, 1.165) is 23.9 Å². The molecule has 0 radical (unpaired) electrons. The number of carboxylic acid groups (broad SMARTS) is 1. The number of carbonyl (C=O) groups excluding carboxylic acids is 1. The van der Waals surface area contributed by atoms with E-state index in [1.165, 1.54) is 19.3 Å². The van der Waals surface area contributed by atoms with Gasteiger partial charge in [0, 0.05) is 11.5 Å². The minimum atomic E-state index is -0.881. The second-order valence-corrected chi connectivity index (χ2v) is 9.07. The summed E-state index contributed by atoms with van der Waals surface area (Å²) in [6.07, 6.45) is 6.21. The molecule has 1 aliphatic rings. The summed E-state index contributed by atoms with van der Waals surface area (Å²) in [5.74, 6) is 0.119. The molecule has 7 heteroatoms. The lowest BCUT2D eigenvalue weighted by atomic mass is 9.89.